The van der Waals surface area contributed by atoms with Gasteiger partial charge in [-0.3, -0.25) is 19.3 Å². The van der Waals surface area contributed by atoms with Crippen molar-refractivity contribution in [3.8, 4) is 0 Å². The first-order valence-corrected chi connectivity index (χ1v) is 6.50. The highest BCUT2D eigenvalue weighted by molar-refractivity contribution is 6.04. The SMILES string of the molecule is C=CCCC1CCCCN(C(=O)CC(C)=O)C1=O. The van der Waals surface area contributed by atoms with Crippen LogP contribution in [0.15, 0.2) is 12.7 Å². The highest BCUT2D eigenvalue weighted by Crippen LogP contribution is 2.22. The predicted octanol–water partition coefficient (Wildman–Crippen LogP) is 2.09. The Morgan fingerprint density at radius 1 is 1.44 bits per heavy atom. The van der Waals surface area contributed by atoms with Crippen molar-refractivity contribution in [3.63, 3.8) is 0 Å². The number of nitrogens with zero attached hydrogens (tertiary/aromatic N) is 1. The van der Waals surface area contributed by atoms with E-state index in [1.165, 1.54) is 11.8 Å². The summed E-state index contributed by atoms with van der Waals surface area (Å²) < 4.78 is 0. The molecule has 0 aliphatic carbocycles. The van der Waals surface area contributed by atoms with Crippen LogP contribution in [0, 0.1) is 5.92 Å². The first kappa shape index (κ1) is 14.6. The van der Waals surface area contributed by atoms with Crippen LogP contribution in [0.25, 0.3) is 0 Å². The Morgan fingerprint density at radius 2 is 2.17 bits per heavy atom. The fourth-order valence-electron chi connectivity index (χ4n) is 2.26. The molecule has 1 saturated heterocycles. The van der Waals surface area contributed by atoms with Gasteiger partial charge in [0.1, 0.15) is 5.78 Å². The molecule has 4 heteroatoms. The van der Waals surface area contributed by atoms with Crippen LogP contribution in [0.1, 0.15) is 45.4 Å². The van der Waals surface area contributed by atoms with E-state index in [1.54, 1.807) is 6.08 Å². The maximum absolute atomic E-state index is 12.2. The standard InChI is InChI=1S/C14H21NO3/c1-3-4-7-12-8-5-6-9-15(14(12)18)13(17)10-11(2)16/h3,12H,1,4-10H2,2H3. The molecular weight excluding hydrogens is 230 g/mol. The molecule has 0 spiro atoms. The minimum Gasteiger partial charge on any atom is -0.299 e. The lowest BCUT2D eigenvalue weighted by molar-refractivity contribution is -0.147. The molecule has 0 aromatic carbocycles. The second kappa shape index (κ2) is 7.09. The zero-order valence-corrected chi connectivity index (χ0v) is 11.0. The van der Waals surface area contributed by atoms with E-state index >= 15 is 0 Å². The van der Waals surface area contributed by atoms with Crippen molar-refractivity contribution in [3.05, 3.63) is 12.7 Å². The number of rotatable bonds is 5. The fraction of sp³-hybridized carbons (Fsp3) is 0.643. The van der Waals surface area contributed by atoms with E-state index in [0.29, 0.717) is 6.54 Å². The Morgan fingerprint density at radius 3 is 2.78 bits per heavy atom. The van der Waals surface area contributed by atoms with Crippen LogP contribution in [0.3, 0.4) is 0 Å². The van der Waals surface area contributed by atoms with E-state index in [0.717, 1.165) is 32.1 Å². The van der Waals surface area contributed by atoms with Crippen molar-refractivity contribution < 1.29 is 14.4 Å². The molecule has 18 heavy (non-hydrogen) atoms. The van der Waals surface area contributed by atoms with Gasteiger partial charge in [-0.25, -0.2) is 0 Å². The molecule has 0 N–H and O–H groups in total. The molecule has 0 radical (unpaired) electrons. The van der Waals surface area contributed by atoms with Crippen LogP contribution in [0.2, 0.25) is 0 Å². The third kappa shape index (κ3) is 4.09. The van der Waals surface area contributed by atoms with Crippen LogP contribution in [-0.2, 0) is 14.4 Å². The Balaban J connectivity index is 2.70. The number of ketones is 1. The lowest BCUT2D eigenvalue weighted by atomic mass is 9.97. The fourth-order valence-corrected chi connectivity index (χ4v) is 2.26. The second-order valence-corrected chi connectivity index (χ2v) is 4.82. The van der Waals surface area contributed by atoms with Crippen molar-refractivity contribution >= 4 is 17.6 Å². The largest absolute Gasteiger partial charge is 0.299 e. The quantitative estimate of drug-likeness (QED) is 0.555. The van der Waals surface area contributed by atoms with Gasteiger partial charge < -0.3 is 0 Å². The van der Waals surface area contributed by atoms with Crippen LogP contribution in [-0.4, -0.2) is 29.0 Å². The van der Waals surface area contributed by atoms with E-state index in [2.05, 4.69) is 6.58 Å². The summed E-state index contributed by atoms with van der Waals surface area (Å²) in [5, 5.41) is 0. The van der Waals surface area contributed by atoms with E-state index < -0.39 is 0 Å². The topological polar surface area (TPSA) is 54.5 Å². The van der Waals surface area contributed by atoms with Gasteiger partial charge in [-0.1, -0.05) is 12.5 Å². The molecule has 2 amide bonds. The van der Waals surface area contributed by atoms with Gasteiger partial charge in [-0.05, 0) is 32.6 Å². The van der Waals surface area contributed by atoms with Gasteiger partial charge >= 0.3 is 0 Å². The summed E-state index contributed by atoms with van der Waals surface area (Å²) in [4.78, 5) is 36.3. The molecule has 0 aromatic heterocycles. The van der Waals surface area contributed by atoms with Gasteiger partial charge in [0.15, 0.2) is 0 Å². The van der Waals surface area contributed by atoms with E-state index in [4.69, 9.17) is 0 Å². The molecule has 1 rings (SSSR count). The van der Waals surface area contributed by atoms with Gasteiger partial charge in [0.05, 0.1) is 6.42 Å². The van der Waals surface area contributed by atoms with Crippen molar-refractivity contribution in [1.82, 2.24) is 4.90 Å². The number of carbonyl (C=O) groups excluding carboxylic acids is 3. The minimum absolute atomic E-state index is 0.0959. The molecule has 1 fully saturated rings. The Hall–Kier alpha value is -1.45. The third-order valence-electron chi connectivity index (χ3n) is 3.22. The van der Waals surface area contributed by atoms with Crippen LogP contribution < -0.4 is 0 Å². The molecular formula is C14H21NO3. The highest BCUT2D eigenvalue weighted by atomic mass is 16.2. The van der Waals surface area contributed by atoms with Crippen LogP contribution >= 0.6 is 0 Å². The Bertz CT molecular complexity index is 349. The van der Waals surface area contributed by atoms with Gasteiger partial charge in [-0.2, -0.15) is 0 Å². The smallest absolute Gasteiger partial charge is 0.236 e. The molecule has 0 aromatic rings. The molecule has 0 saturated carbocycles. The zero-order valence-electron chi connectivity index (χ0n) is 11.0. The number of Topliss-reactive ketones (excluding diaryl/α,β-unsaturated/α-hetero) is 1. The average molecular weight is 251 g/mol. The lowest BCUT2D eigenvalue weighted by Crippen LogP contribution is -2.40. The van der Waals surface area contributed by atoms with Crippen molar-refractivity contribution in [2.75, 3.05) is 6.54 Å². The third-order valence-corrected chi connectivity index (χ3v) is 3.22. The van der Waals surface area contributed by atoms with E-state index in [1.807, 2.05) is 0 Å². The number of amides is 2. The number of hydrogen-bond acceptors (Lipinski definition) is 3. The molecule has 4 nitrogen and oxygen atoms in total. The van der Waals surface area contributed by atoms with Gasteiger partial charge in [-0.15, -0.1) is 6.58 Å². The van der Waals surface area contributed by atoms with Crippen LogP contribution in [0.4, 0.5) is 0 Å². The maximum Gasteiger partial charge on any atom is 0.236 e. The molecule has 1 aliphatic heterocycles. The van der Waals surface area contributed by atoms with Crippen molar-refractivity contribution in [1.29, 1.82) is 0 Å². The van der Waals surface area contributed by atoms with Crippen LogP contribution in [0.5, 0.6) is 0 Å². The summed E-state index contributed by atoms with van der Waals surface area (Å²) in [5.74, 6) is -0.750. The lowest BCUT2D eigenvalue weighted by Gasteiger charge is -2.22. The van der Waals surface area contributed by atoms with Crippen molar-refractivity contribution in [2.24, 2.45) is 5.92 Å². The van der Waals surface area contributed by atoms with E-state index in [9.17, 15) is 14.4 Å². The summed E-state index contributed by atoms with van der Waals surface area (Å²) in [6.45, 7) is 5.47. The van der Waals surface area contributed by atoms with Gasteiger partial charge in [0.2, 0.25) is 11.8 Å². The Labute approximate surface area is 108 Å². The molecule has 100 valence electrons. The number of allylic oxidation sites excluding steroid dienone is 1. The van der Waals surface area contributed by atoms with Crippen molar-refractivity contribution in [2.45, 2.75) is 45.4 Å². The summed E-state index contributed by atoms with van der Waals surface area (Å²) >= 11 is 0. The van der Waals surface area contributed by atoms with E-state index in [-0.39, 0.29) is 29.9 Å². The second-order valence-electron chi connectivity index (χ2n) is 4.82. The molecule has 1 aliphatic rings. The highest BCUT2D eigenvalue weighted by Gasteiger charge is 2.30. The first-order valence-electron chi connectivity index (χ1n) is 6.50. The number of likely N-dealkylation sites (tertiary alicyclic amines) is 1. The zero-order chi connectivity index (χ0) is 13.5. The number of hydrogen-bond donors (Lipinski definition) is 0. The molecule has 0 bridgehead atoms. The summed E-state index contributed by atoms with van der Waals surface area (Å²) in [7, 11) is 0. The monoisotopic (exact) mass is 251 g/mol. The predicted molar refractivity (Wildman–Crippen MR) is 68.8 cm³/mol. The van der Waals surface area contributed by atoms with Gasteiger partial charge in [0.25, 0.3) is 0 Å². The maximum atomic E-state index is 12.2. The average Bonchev–Trinajstić information content (AvgIpc) is 2.48. The number of imide groups is 1. The normalized spacial score (nSPS) is 20.4. The summed E-state index contributed by atoms with van der Waals surface area (Å²) in [6, 6.07) is 0. The number of carbonyl (C=O) groups is 3. The summed E-state index contributed by atoms with van der Waals surface area (Å²) in [6.07, 6.45) is 5.77. The molecule has 1 atom stereocenters. The first-order chi connectivity index (χ1) is 8.56. The minimum atomic E-state index is -0.349. The molecule has 1 heterocycles. The van der Waals surface area contributed by atoms with Gasteiger partial charge in [0, 0.05) is 12.5 Å². The molecule has 1 unspecified atom stereocenters. The summed E-state index contributed by atoms with van der Waals surface area (Å²) in [5.41, 5.74) is 0. The Kier molecular flexibility index (Phi) is 5.75.